The van der Waals surface area contributed by atoms with Crippen molar-refractivity contribution in [3.63, 3.8) is 0 Å². The second kappa shape index (κ2) is 8.59. The van der Waals surface area contributed by atoms with Crippen molar-refractivity contribution in [1.29, 1.82) is 0 Å². The van der Waals surface area contributed by atoms with Gasteiger partial charge in [0.15, 0.2) is 0 Å². The maximum atomic E-state index is 9.91. The van der Waals surface area contributed by atoms with Gasteiger partial charge in [0, 0.05) is 0 Å². The first-order valence-corrected chi connectivity index (χ1v) is 6.38. The van der Waals surface area contributed by atoms with Crippen LogP contribution < -0.4 is 5.11 Å². The van der Waals surface area contributed by atoms with Gasteiger partial charge in [0.05, 0.1) is 0 Å². The van der Waals surface area contributed by atoms with E-state index in [1.54, 1.807) is 0 Å². The van der Waals surface area contributed by atoms with Crippen molar-refractivity contribution < 1.29 is 5.11 Å². The summed E-state index contributed by atoms with van der Waals surface area (Å²) in [7, 11) is 0. The molecule has 64 valence electrons. The molecule has 0 heterocycles. The summed E-state index contributed by atoms with van der Waals surface area (Å²) in [5, 5.41) is 12.8. The maximum absolute atomic E-state index is 9.91. The number of rotatable bonds is 3. The van der Waals surface area contributed by atoms with Gasteiger partial charge in [0.2, 0.25) is 0 Å². The van der Waals surface area contributed by atoms with Gasteiger partial charge < -0.3 is 5.11 Å². The van der Waals surface area contributed by atoms with Crippen LogP contribution in [0.1, 0.15) is 33.1 Å². The topological polar surface area (TPSA) is 23.1 Å². The van der Waals surface area contributed by atoms with Crippen LogP contribution in [0.5, 0.6) is 0 Å². The molecule has 1 aliphatic rings. The Hall–Kier alpha value is 0.492. The normalized spacial score (nSPS) is 15.9. The van der Waals surface area contributed by atoms with Crippen molar-refractivity contribution in [3.8, 4) is 0 Å². The fraction of sp³-hybridized carbons (Fsp3) is 1.00. The third-order valence-electron chi connectivity index (χ3n) is 2.04. The average Bonchev–Trinajstić information content (AvgIpc) is 1.88. The van der Waals surface area contributed by atoms with Crippen LogP contribution in [0.25, 0.3) is 0 Å². The summed E-state index contributed by atoms with van der Waals surface area (Å²) in [4.78, 5) is 0. The first kappa shape index (κ1) is 11.5. The first-order chi connectivity index (χ1) is 5.35. The molecule has 0 N–H and O–H groups in total. The Morgan fingerprint density at radius 3 is 1.82 bits per heavy atom. The van der Waals surface area contributed by atoms with E-state index >= 15 is 0 Å². The molecule has 0 amide bonds. The largest absolute Gasteiger partial charge is 0.854 e. The molecule has 0 saturated heterocycles. The van der Waals surface area contributed by atoms with Crippen LogP contribution in [0.3, 0.4) is 0 Å². The maximum Gasteiger partial charge on any atom is -0.0517 e. The van der Waals surface area contributed by atoms with Crippen LogP contribution in [0.4, 0.5) is 0 Å². The molecule has 0 bridgehead atoms. The van der Waals surface area contributed by atoms with E-state index < -0.39 is 0 Å². The van der Waals surface area contributed by atoms with Gasteiger partial charge in [0.25, 0.3) is 0 Å². The molecule has 1 aliphatic carbocycles. The SMILES string of the molecule is C[CH2][Al+][CH2]C.[O-]CC1CCC1. The summed E-state index contributed by atoms with van der Waals surface area (Å²) >= 11 is 0.815. The van der Waals surface area contributed by atoms with Gasteiger partial charge in [-0.05, 0) is 0 Å². The molecule has 0 aromatic carbocycles. The predicted octanol–water partition coefficient (Wildman–Crippen LogP) is 1.71. The molecule has 1 rings (SSSR count). The standard InChI is InChI=1S/C5H9O.2C2H5.Al/c6-4-5-2-1-3-5;2*1-2;/h5H,1-4H2;2*1H2,2H3;/q-1;;;+1. The second-order valence-corrected chi connectivity index (χ2v) is 5.28. The van der Waals surface area contributed by atoms with Gasteiger partial charge >= 0.3 is 39.6 Å². The molecule has 0 spiro atoms. The van der Waals surface area contributed by atoms with E-state index in [9.17, 15) is 5.11 Å². The molecule has 0 atom stereocenters. The van der Waals surface area contributed by atoms with E-state index in [0.29, 0.717) is 5.92 Å². The molecule has 2 heteroatoms. The minimum absolute atomic E-state index is 0.167. The second-order valence-electron chi connectivity index (χ2n) is 3.07. The summed E-state index contributed by atoms with van der Waals surface area (Å²) in [6.07, 6.45) is 3.69. The van der Waals surface area contributed by atoms with Crippen LogP contribution in [-0.4, -0.2) is 21.8 Å². The van der Waals surface area contributed by atoms with E-state index in [4.69, 9.17) is 0 Å². The molecule has 0 radical (unpaired) electrons. The van der Waals surface area contributed by atoms with Crippen molar-refractivity contribution in [1.82, 2.24) is 0 Å². The van der Waals surface area contributed by atoms with E-state index in [1.165, 1.54) is 29.8 Å². The summed E-state index contributed by atoms with van der Waals surface area (Å²) in [6.45, 7) is 4.66. The molecule has 11 heavy (non-hydrogen) atoms. The molecular formula is C9H19AlO. The number of hydrogen-bond donors (Lipinski definition) is 0. The zero-order valence-corrected chi connectivity index (χ0v) is 8.96. The van der Waals surface area contributed by atoms with Gasteiger partial charge in [-0.15, -0.1) is 6.61 Å². The van der Waals surface area contributed by atoms with Crippen LogP contribution in [0, 0.1) is 5.92 Å². The van der Waals surface area contributed by atoms with Gasteiger partial charge in [-0.2, -0.15) is 0 Å². The Balaban J connectivity index is 0.000000187. The van der Waals surface area contributed by atoms with Gasteiger partial charge in [-0.25, -0.2) is 0 Å². The summed E-state index contributed by atoms with van der Waals surface area (Å²) in [6, 6.07) is 0. The Kier molecular flexibility index (Phi) is 8.97. The molecule has 1 saturated carbocycles. The monoisotopic (exact) mass is 170 g/mol. The van der Waals surface area contributed by atoms with Crippen LogP contribution in [-0.2, 0) is 0 Å². The fourth-order valence-electron chi connectivity index (χ4n) is 0.948. The summed E-state index contributed by atoms with van der Waals surface area (Å²) in [5.74, 6) is 0.560. The molecule has 0 aromatic rings. The molecule has 0 aliphatic heterocycles. The zero-order valence-electron chi connectivity index (χ0n) is 7.81. The Morgan fingerprint density at radius 1 is 1.27 bits per heavy atom. The fourth-order valence-corrected chi connectivity index (χ4v) is 1.53. The van der Waals surface area contributed by atoms with Crippen LogP contribution >= 0.6 is 0 Å². The van der Waals surface area contributed by atoms with Crippen LogP contribution in [0.15, 0.2) is 0 Å². The van der Waals surface area contributed by atoms with Crippen molar-refractivity contribution in [3.05, 3.63) is 0 Å². The van der Waals surface area contributed by atoms with E-state index in [0.717, 1.165) is 15.2 Å². The van der Waals surface area contributed by atoms with Gasteiger partial charge in [-0.3, -0.25) is 0 Å². The predicted molar refractivity (Wildman–Crippen MR) is 48.9 cm³/mol. The molecule has 1 nitrogen and oxygen atoms in total. The third-order valence-corrected chi connectivity index (χ3v) is 3.19. The van der Waals surface area contributed by atoms with Crippen molar-refractivity contribution in [2.45, 2.75) is 43.7 Å². The molecular weight excluding hydrogens is 151 g/mol. The van der Waals surface area contributed by atoms with Crippen molar-refractivity contribution in [2.24, 2.45) is 5.92 Å². The van der Waals surface area contributed by atoms with E-state index in [-0.39, 0.29) is 6.61 Å². The van der Waals surface area contributed by atoms with E-state index in [1.807, 2.05) is 0 Å². The molecule has 0 unspecified atom stereocenters. The van der Waals surface area contributed by atoms with Crippen molar-refractivity contribution >= 4 is 15.2 Å². The first-order valence-electron chi connectivity index (χ1n) is 4.74. The molecule has 0 aromatic heterocycles. The van der Waals surface area contributed by atoms with Gasteiger partial charge in [-0.1, -0.05) is 25.2 Å². The minimum Gasteiger partial charge on any atom is -0.854 e. The van der Waals surface area contributed by atoms with Crippen LogP contribution in [0.2, 0.25) is 10.6 Å². The Labute approximate surface area is 76.9 Å². The summed E-state index contributed by atoms with van der Waals surface area (Å²) in [5.41, 5.74) is 0. The average molecular weight is 170 g/mol. The smallest absolute Gasteiger partial charge is 0.0517 e. The Bertz CT molecular complexity index is 67.2. The molecule has 1 fully saturated rings. The Morgan fingerprint density at radius 2 is 1.82 bits per heavy atom. The third kappa shape index (κ3) is 6.87. The van der Waals surface area contributed by atoms with E-state index in [2.05, 4.69) is 13.8 Å². The van der Waals surface area contributed by atoms with Gasteiger partial charge in [0.1, 0.15) is 0 Å². The minimum atomic E-state index is 0.167. The van der Waals surface area contributed by atoms with Crippen molar-refractivity contribution in [2.75, 3.05) is 6.61 Å². The quantitative estimate of drug-likeness (QED) is 0.591. The summed E-state index contributed by atoms with van der Waals surface area (Å²) < 4.78 is 0. The zero-order chi connectivity index (χ0) is 8.53. The number of hydrogen-bond acceptors (Lipinski definition) is 1.